The van der Waals surface area contributed by atoms with E-state index < -0.39 is 71.8 Å². The molecule has 0 aliphatic rings. The number of nitrogens with two attached hydrogens (primary N) is 2. The molecule has 0 aliphatic heterocycles. The lowest BCUT2D eigenvalue weighted by Crippen LogP contribution is -2.49. The minimum absolute atomic E-state index is 0.00304. The van der Waals surface area contributed by atoms with E-state index in [2.05, 4.69) is 16.0 Å². The van der Waals surface area contributed by atoms with Crippen LogP contribution in [-0.4, -0.2) is 98.1 Å². The summed E-state index contributed by atoms with van der Waals surface area (Å²) in [7, 11) is 0. The van der Waals surface area contributed by atoms with Crippen molar-refractivity contribution in [1.82, 2.24) is 16.0 Å². The predicted molar refractivity (Wildman–Crippen MR) is 135 cm³/mol. The lowest BCUT2D eigenvalue weighted by atomic mass is 10.0. The number of carboxylic acid groups (broad SMARTS) is 3. The third kappa shape index (κ3) is 11.9. The maximum atomic E-state index is 12.5. The van der Waals surface area contributed by atoms with Crippen LogP contribution in [0.15, 0.2) is 17.0 Å². The van der Waals surface area contributed by atoms with E-state index in [0.29, 0.717) is 0 Å². The zero-order valence-electron chi connectivity index (χ0n) is 20.6. The standard InChI is InChI=1S/C22H31N5O11S/c23-4-3-17(30)26-12(22(37)38)5-10-6-14(28)19(33)15(7-10)39-9-13(20(34)25-8-18(31)32)27-16(29)2-1-11(24)21(35)36/h6-7,11-13,28,33H,1-5,8-9,23-24H2,(H,25,34)(H,26,30)(H,27,29)(H,31,32)(H,35,36)(H,37,38)/t11-,12-,13?/m0/s1. The number of nitrogens with one attached hydrogen (secondary N) is 3. The number of thioether (sulfide) groups is 1. The van der Waals surface area contributed by atoms with Crippen molar-refractivity contribution in [2.24, 2.45) is 11.5 Å². The highest BCUT2D eigenvalue weighted by atomic mass is 32.2. The molecule has 0 spiro atoms. The molecule has 3 atom stereocenters. The molecule has 0 heterocycles. The molecule has 0 aromatic heterocycles. The van der Waals surface area contributed by atoms with E-state index in [1.54, 1.807) is 0 Å². The SMILES string of the molecule is NCCC(=O)N[C@@H](Cc1cc(O)c(O)c(SCC(NC(=O)CC[C@H](N)C(=O)O)C(=O)NCC(=O)O)c1)C(=O)O. The highest BCUT2D eigenvalue weighted by Crippen LogP contribution is 2.37. The van der Waals surface area contributed by atoms with Gasteiger partial charge in [-0.1, -0.05) is 0 Å². The molecule has 39 heavy (non-hydrogen) atoms. The molecule has 0 fully saturated rings. The molecular formula is C22H31N5O11S. The van der Waals surface area contributed by atoms with Crippen LogP contribution in [0.5, 0.6) is 11.5 Å². The summed E-state index contributed by atoms with van der Waals surface area (Å²) in [5, 5.41) is 54.2. The summed E-state index contributed by atoms with van der Waals surface area (Å²) in [4.78, 5) is 69.8. The number of rotatable bonds is 17. The molecule has 0 radical (unpaired) electrons. The van der Waals surface area contributed by atoms with E-state index in [-0.39, 0.29) is 48.4 Å². The van der Waals surface area contributed by atoms with Crippen molar-refractivity contribution in [2.75, 3.05) is 18.8 Å². The average molecular weight is 574 g/mol. The molecule has 1 unspecified atom stereocenters. The lowest BCUT2D eigenvalue weighted by molar-refractivity contribution is -0.141. The summed E-state index contributed by atoms with van der Waals surface area (Å²) < 4.78 is 0. The largest absolute Gasteiger partial charge is 0.504 e. The number of benzene rings is 1. The van der Waals surface area contributed by atoms with Gasteiger partial charge in [0, 0.05) is 31.6 Å². The summed E-state index contributed by atoms with van der Waals surface area (Å²) in [6, 6.07) is -1.64. The maximum absolute atomic E-state index is 12.5. The first-order valence-corrected chi connectivity index (χ1v) is 12.4. The highest BCUT2D eigenvalue weighted by Gasteiger charge is 2.25. The second-order valence-corrected chi connectivity index (χ2v) is 9.25. The Labute approximate surface area is 226 Å². The smallest absolute Gasteiger partial charge is 0.326 e. The van der Waals surface area contributed by atoms with Gasteiger partial charge >= 0.3 is 17.9 Å². The molecule has 3 amide bonds. The first-order chi connectivity index (χ1) is 18.2. The van der Waals surface area contributed by atoms with E-state index in [4.69, 9.17) is 21.7 Å². The number of aromatic hydroxyl groups is 2. The maximum Gasteiger partial charge on any atom is 0.326 e. The van der Waals surface area contributed by atoms with Gasteiger partial charge in [0.1, 0.15) is 24.7 Å². The van der Waals surface area contributed by atoms with Crippen LogP contribution >= 0.6 is 11.8 Å². The Morgan fingerprint density at radius 3 is 2.08 bits per heavy atom. The molecule has 12 N–H and O–H groups in total. The van der Waals surface area contributed by atoms with E-state index in [9.17, 15) is 44.1 Å². The summed E-state index contributed by atoms with van der Waals surface area (Å²) in [5.74, 6) is -7.79. The molecule has 0 aliphatic carbocycles. The molecule has 0 saturated heterocycles. The Bertz CT molecular complexity index is 1080. The van der Waals surface area contributed by atoms with Crippen molar-refractivity contribution >= 4 is 47.4 Å². The molecule has 216 valence electrons. The number of hydrogen-bond acceptors (Lipinski definition) is 11. The van der Waals surface area contributed by atoms with Gasteiger partial charge in [-0.05, 0) is 24.1 Å². The minimum atomic E-state index is -1.38. The Kier molecular flexibility index (Phi) is 13.5. The van der Waals surface area contributed by atoms with Crippen LogP contribution in [0.4, 0.5) is 0 Å². The van der Waals surface area contributed by atoms with Gasteiger partial charge in [0.05, 0.1) is 4.90 Å². The van der Waals surface area contributed by atoms with Gasteiger partial charge in [-0.2, -0.15) is 0 Å². The van der Waals surface area contributed by atoms with Gasteiger partial charge in [0.15, 0.2) is 11.5 Å². The normalized spacial score (nSPS) is 13.0. The van der Waals surface area contributed by atoms with E-state index in [1.807, 2.05) is 0 Å². The summed E-state index contributed by atoms with van der Waals surface area (Å²) in [5.41, 5.74) is 10.9. The molecule has 17 heteroatoms. The Morgan fingerprint density at radius 1 is 0.897 bits per heavy atom. The first kappa shape index (κ1) is 32.9. The number of carbonyl (C=O) groups is 6. The predicted octanol–water partition coefficient (Wildman–Crippen LogP) is -2.47. The van der Waals surface area contributed by atoms with Crippen LogP contribution in [0.3, 0.4) is 0 Å². The summed E-state index contributed by atoms with van der Waals surface area (Å²) in [6.07, 6.45) is -0.975. The fraction of sp³-hybridized carbons (Fsp3) is 0.455. The lowest BCUT2D eigenvalue weighted by Gasteiger charge is -2.19. The third-order valence-corrected chi connectivity index (χ3v) is 6.15. The molecule has 1 rings (SSSR count). The van der Waals surface area contributed by atoms with Crippen molar-refractivity contribution in [2.45, 2.75) is 48.7 Å². The summed E-state index contributed by atoms with van der Waals surface area (Å²) >= 11 is 0.772. The number of hydrogen-bond donors (Lipinski definition) is 10. The second kappa shape index (κ2) is 16.0. The molecule has 1 aromatic carbocycles. The van der Waals surface area contributed by atoms with Gasteiger partial charge in [-0.3, -0.25) is 24.0 Å². The van der Waals surface area contributed by atoms with Crippen LogP contribution in [0, 0.1) is 0 Å². The first-order valence-electron chi connectivity index (χ1n) is 11.4. The fourth-order valence-electron chi connectivity index (χ4n) is 3.03. The van der Waals surface area contributed by atoms with Crippen LogP contribution < -0.4 is 27.4 Å². The van der Waals surface area contributed by atoms with Crippen molar-refractivity contribution in [3.8, 4) is 11.5 Å². The molecular weight excluding hydrogens is 542 g/mol. The van der Waals surface area contributed by atoms with Crippen LogP contribution in [0.25, 0.3) is 0 Å². The fourth-order valence-corrected chi connectivity index (χ4v) is 4.09. The van der Waals surface area contributed by atoms with E-state index >= 15 is 0 Å². The highest BCUT2D eigenvalue weighted by molar-refractivity contribution is 7.99. The van der Waals surface area contributed by atoms with E-state index in [0.717, 1.165) is 17.8 Å². The molecule has 0 bridgehead atoms. The van der Waals surface area contributed by atoms with Crippen LogP contribution in [0.2, 0.25) is 0 Å². The van der Waals surface area contributed by atoms with Crippen molar-refractivity contribution < 1.29 is 54.3 Å². The Morgan fingerprint density at radius 2 is 1.51 bits per heavy atom. The van der Waals surface area contributed by atoms with Gasteiger partial charge in [-0.25, -0.2) is 4.79 Å². The summed E-state index contributed by atoms with van der Waals surface area (Å²) in [6.45, 7) is -0.753. The number of aliphatic carboxylic acids is 3. The van der Waals surface area contributed by atoms with Gasteiger partial charge in [-0.15, -0.1) is 11.8 Å². The number of carbonyl (C=O) groups excluding carboxylic acids is 3. The van der Waals surface area contributed by atoms with Crippen molar-refractivity contribution in [3.05, 3.63) is 17.7 Å². The molecule has 16 nitrogen and oxygen atoms in total. The third-order valence-electron chi connectivity index (χ3n) is 5.03. The number of phenolic OH excluding ortho intramolecular Hbond substituents is 2. The number of amides is 3. The van der Waals surface area contributed by atoms with Crippen molar-refractivity contribution in [1.29, 1.82) is 0 Å². The van der Waals surface area contributed by atoms with Gasteiger partial charge in [0.25, 0.3) is 0 Å². The van der Waals surface area contributed by atoms with Crippen LogP contribution in [0.1, 0.15) is 24.8 Å². The zero-order valence-corrected chi connectivity index (χ0v) is 21.4. The van der Waals surface area contributed by atoms with Crippen molar-refractivity contribution in [3.63, 3.8) is 0 Å². The topological polar surface area (TPSA) is 292 Å². The second-order valence-electron chi connectivity index (χ2n) is 8.19. The average Bonchev–Trinajstić information content (AvgIpc) is 2.85. The Hall–Kier alpha value is -4.09. The zero-order chi connectivity index (χ0) is 29.7. The molecule has 0 saturated carbocycles. The molecule has 1 aromatic rings. The number of phenols is 2. The quantitative estimate of drug-likeness (QED) is 0.0682. The number of carboxylic acids is 3. The van der Waals surface area contributed by atoms with Gasteiger partial charge in [0.2, 0.25) is 17.7 Å². The minimum Gasteiger partial charge on any atom is -0.504 e. The monoisotopic (exact) mass is 573 g/mol. The van der Waals surface area contributed by atoms with Gasteiger partial charge < -0.3 is 53.0 Å². The Balaban J connectivity index is 3.07. The van der Waals surface area contributed by atoms with E-state index in [1.165, 1.54) is 6.07 Å². The van der Waals surface area contributed by atoms with Crippen LogP contribution in [-0.2, 0) is 35.2 Å².